The molecule has 4 aromatic rings. The Morgan fingerprint density at radius 1 is 1.09 bits per heavy atom. The standard InChI is InChI=1S/C23H24N6OS2/c1-27-9-8-24-21(27)15-28-10-12-29(13-11-28)19-6-3-2-5-17(19)25-22(30)18-16-32-23(26-18)20-7-4-14-31-20/h2-9,14,16H,10-13,15H2,1H3,(H,25,30). The number of aromatic nitrogens is 3. The molecule has 0 atom stereocenters. The average molecular weight is 465 g/mol. The second-order valence-corrected chi connectivity index (χ2v) is 9.51. The number of thiophene rings is 1. The third-order valence-corrected chi connectivity index (χ3v) is 7.50. The number of thiazole rings is 1. The number of rotatable bonds is 6. The monoisotopic (exact) mass is 464 g/mol. The maximum absolute atomic E-state index is 12.9. The predicted molar refractivity (Wildman–Crippen MR) is 131 cm³/mol. The van der Waals surface area contributed by atoms with Crippen molar-refractivity contribution in [3.63, 3.8) is 0 Å². The Hall–Kier alpha value is -3.01. The van der Waals surface area contributed by atoms with Gasteiger partial charge in [-0.05, 0) is 23.6 Å². The van der Waals surface area contributed by atoms with Gasteiger partial charge < -0.3 is 14.8 Å². The van der Waals surface area contributed by atoms with Crippen molar-refractivity contribution in [1.29, 1.82) is 0 Å². The van der Waals surface area contributed by atoms with Crippen LogP contribution in [0.3, 0.4) is 0 Å². The number of amides is 1. The number of aryl methyl sites for hydroxylation is 1. The molecule has 4 heterocycles. The lowest BCUT2D eigenvalue weighted by atomic mass is 10.2. The Kier molecular flexibility index (Phi) is 6.02. The van der Waals surface area contributed by atoms with Crippen molar-refractivity contribution in [2.75, 3.05) is 36.4 Å². The largest absolute Gasteiger partial charge is 0.367 e. The Morgan fingerprint density at radius 2 is 1.94 bits per heavy atom. The quantitative estimate of drug-likeness (QED) is 0.464. The first-order valence-corrected chi connectivity index (χ1v) is 12.3. The molecule has 32 heavy (non-hydrogen) atoms. The van der Waals surface area contributed by atoms with Crippen LogP contribution in [0.15, 0.2) is 59.6 Å². The minimum Gasteiger partial charge on any atom is -0.367 e. The van der Waals surface area contributed by atoms with Gasteiger partial charge in [-0.25, -0.2) is 9.97 Å². The zero-order valence-electron chi connectivity index (χ0n) is 17.8. The molecule has 1 aliphatic rings. The van der Waals surface area contributed by atoms with Crippen molar-refractivity contribution in [2.24, 2.45) is 7.05 Å². The maximum atomic E-state index is 12.9. The van der Waals surface area contributed by atoms with E-state index in [0.29, 0.717) is 5.69 Å². The van der Waals surface area contributed by atoms with Crippen molar-refractivity contribution in [3.8, 4) is 9.88 Å². The van der Waals surface area contributed by atoms with Crippen LogP contribution in [0.4, 0.5) is 11.4 Å². The molecule has 0 spiro atoms. The molecule has 0 unspecified atom stereocenters. The number of hydrogen-bond donors (Lipinski definition) is 1. The van der Waals surface area contributed by atoms with Crippen molar-refractivity contribution in [3.05, 3.63) is 71.1 Å². The molecule has 1 fully saturated rings. The van der Waals surface area contributed by atoms with E-state index in [9.17, 15) is 4.79 Å². The molecular weight excluding hydrogens is 440 g/mol. The highest BCUT2D eigenvalue weighted by molar-refractivity contribution is 7.20. The van der Waals surface area contributed by atoms with Crippen LogP contribution < -0.4 is 10.2 Å². The fraction of sp³-hybridized carbons (Fsp3) is 0.261. The van der Waals surface area contributed by atoms with Crippen LogP contribution in [0.25, 0.3) is 9.88 Å². The molecular formula is C23H24N6OS2. The second kappa shape index (κ2) is 9.23. The van der Waals surface area contributed by atoms with E-state index in [1.807, 2.05) is 60.5 Å². The molecule has 1 amide bonds. The van der Waals surface area contributed by atoms with Gasteiger partial charge in [0.15, 0.2) is 0 Å². The topological polar surface area (TPSA) is 66.3 Å². The SMILES string of the molecule is Cn1ccnc1CN1CCN(c2ccccc2NC(=O)c2csc(-c3cccs3)n2)CC1. The van der Waals surface area contributed by atoms with Gasteiger partial charge in [-0.15, -0.1) is 22.7 Å². The molecule has 0 saturated carbocycles. The molecule has 1 N–H and O–H groups in total. The first-order chi connectivity index (χ1) is 15.7. The summed E-state index contributed by atoms with van der Waals surface area (Å²) in [4.78, 5) is 27.7. The number of imidazole rings is 1. The molecule has 9 heteroatoms. The van der Waals surface area contributed by atoms with Gasteiger partial charge >= 0.3 is 0 Å². The minimum absolute atomic E-state index is 0.176. The van der Waals surface area contributed by atoms with Crippen LogP contribution in [0.2, 0.25) is 0 Å². The van der Waals surface area contributed by atoms with Crippen LogP contribution >= 0.6 is 22.7 Å². The molecule has 1 aliphatic heterocycles. The molecule has 5 rings (SSSR count). The summed E-state index contributed by atoms with van der Waals surface area (Å²) in [6, 6.07) is 12.0. The van der Waals surface area contributed by atoms with E-state index in [1.165, 1.54) is 11.3 Å². The van der Waals surface area contributed by atoms with Crippen molar-refractivity contribution >= 4 is 40.0 Å². The normalized spacial score (nSPS) is 14.6. The fourth-order valence-corrected chi connectivity index (χ4v) is 5.44. The molecule has 1 aromatic carbocycles. The van der Waals surface area contributed by atoms with Gasteiger partial charge in [-0.2, -0.15) is 0 Å². The lowest BCUT2D eigenvalue weighted by molar-refractivity contribution is 0.102. The Labute approximate surface area is 195 Å². The predicted octanol–water partition coefficient (Wildman–Crippen LogP) is 4.18. The number of anilines is 2. The summed E-state index contributed by atoms with van der Waals surface area (Å²) < 4.78 is 2.07. The highest BCUT2D eigenvalue weighted by Crippen LogP contribution is 2.30. The first kappa shape index (κ1) is 20.9. The number of nitrogens with one attached hydrogen (secondary N) is 1. The maximum Gasteiger partial charge on any atom is 0.275 e. The molecule has 0 bridgehead atoms. The lowest BCUT2D eigenvalue weighted by Gasteiger charge is -2.36. The molecule has 0 aliphatic carbocycles. The number of piperazine rings is 1. The van der Waals surface area contributed by atoms with Gasteiger partial charge in [0.1, 0.15) is 16.5 Å². The molecule has 1 saturated heterocycles. The number of carbonyl (C=O) groups excluding carboxylic acids is 1. The summed E-state index contributed by atoms with van der Waals surface area (Å²) in [5.74, 6) is 0.904. The van der Waals surface area contributed by atoms with E-state index in [4.69, 9.17) is 0 Å². The van der Waals surface area contributed by atoms with Crippen LogP contribution in [0.5, 0.6) is 0 Å². The van der Waals surface area contributed by atoms with Crippen molar-refractivity contribution < 1.29 is 4.79 Å². The van der Waals surface area contributed by atoms with E-state index in [0.717, 1.165) is 59.8 Å². The number of nitrogens with zero attached hydrogens (tertiary/aromatic N) is 5. The van der Waals surface area contributed by atoms with Gasteiger partial charge in [0.05, 0.1) is 22.8 Å². The lowest BCUT2D eigenvalue weighted by Crippen LogP contribution is -2.46. The summed E-state index contributed by atoms with van der Waals surface area (Å²) in [5, 5.41) is 7.79. The molecule has 7 nitrogen and oxygen atoms in total. The van der Waals surface area contributed by atoms with Crippen LogP contribution in [-0.4, -0.2) is 51.5 Å². The highest BCUT2D eigenvalue weighted by Gasteiger charge is 2.21. The van der Waals surface area contributed by atoms with Crippen LogP contribution in [0.1, 0.15) is 16.3 Å². The van der Waals surface area contributed by atoms with E-state index >= 15 is 0 Å². The van der Waals surface area contributed by atoms with E-state index < -0.39 is 0 Å². The molecule has 3 aromatic heterocycles. The summed E-state index contributed by atoms with van der Waals surface area (Å²) in [5.41, 5.74) is 2.32. The van der Waals surface area contributed by atoms with Gasteiger partial charge in [0.2, 0.25) is 0 Å². The third-order valence-electron chi connectivity index (χ3n) is 5.62. The van der Waals surface area contributed by atoms with E-state index in [2.05, 4.69) is 35.7 Å². The third kappa shape index (κ3) is 4.45. The zero-order chi connectivity index (χ0) is 21.9. The highest BCUT2D eigenvalue weighted by atomic mass is 32.1. The van der Waals surface area contributed by atoms with Gasteiger partial charge in [0, 0.05) is 51.0 Å². The first-order valence-electron chi connectivity index (χ1n) is 10.5. The Morgan fingerprint density at radius 3 is 2.69 bits per heavy atom. The van der Waals surface area contributed by atoms with Gasteiger partial charge in [0.25, 0.3) is 5.91 Å². The van der Waals surface area contributed by atoms with Crippen LogP contribution in [-0.2, 0) is 13.6 Å². The summed E-state index contributed by atoms with van der Waals surface area (Å²) in [6.07, 6.45) is 3.83. The molecule has 0 radical (unpaired) electrons. The Bertz CT molecular complexity index is 1190. The summed E-state index contributed by atoms with van der Waals surface area (Å²) >= 11 is 3.12. The van der Waals surface area contributed by atoms with E-state index in [-0.39, 0.29) is 5.91 Å². The number of benzene rings is 1. The second-order valence-electron chi connectivity index (χ2n) is 7.70. The zero-order valence-corrected chi connectivity index (χ0v) is 19.4. The van der Waals surface area contributed by atoms with Crippen LogP contribution in [0, 0.1) is 0 Å². The number of carbonyl (C=O) groups is 1. The average Bonchev–Trinajstić information content (AvgIpc) is 3.57. The number of hydrogen-bond acceptors (Lipinski definition) is 7. The summed E-state index contributed by atoms with van der Waals surface area (Å²) in [7, 11) is 2.03. The summed E-state index contributed by atoms with van der Waals surface area (Å²) in [6.45, 7) is 4.55. The van der Waals surface area contributed by atoms with Crippen molar-refractivity contribution in [2.45, 2.75) is 6.54 Å². The van der Waals surface area contributed by atoms with Crippen molar-refractivity contribution in [1.82, 2.24) is 19.4 Å². The van der Waals surface area contributed by atoms with Gasteiger partial charge in [-0.3, -0.25) is 9.69 Å². The van der Waals surface area contributed by atoms with Gasteiger partial charge in [-0.1, -0.05) is 18.2 Å². The van der Waals surface area contributed by atoms with E-state index in [1.54, 1.807) is 11.3 Å². The minimum atomic E-state index is -0.176. The smallest absolute Gasteiger partial charge is 0.275 e. The molecule has 164 valence electrons. The fourth-order valence-electron chi connectivity index (χ4n) is 3.83. The number of para-hydroxylation sites is 2. The Balaban J connectivity index is 1.24.